The second kappa shape index (κ2) is 4.56. The maximum absolute atomic E-state index is 12.1. The average Bonchev–Trinajstić information content (AvgIpc) is 2.54. The number of rotatable bonds is 1. The van der Waals surface area contributed by atoms with Crippen LogP contribution in [0.25, 0.3) is 33.1 Å². The van der Waals surface area contributed by atoms with E-state index >= 15 is 0 Å². The van der Waals surface area contributed by atoms with E-state index in [0.717, 1.165) is 16.3 Å². The van der Waals surface area contributed by atoms with Crippen molar-refractivity contribution in [3.05, 3.63) is 77.2 Å². The molecule has 4 aromatic rings. The number of hydrogen-bond donors (Lipinski definition) is 0. The minimum absolute atomic E-state index is 0.347. The summed E-state index contributed by atoms with van der Waals surface area (Å²) < 4.78 is 5.34. The van der Waals surface area contributed by atoms with Crippen LogP contribution in [0.2, 0.25) is 0 Å². The zero-order valence-electron chi connectivity index (χ0n) is 11.1. The summed E-state index contributed by atoms with van der Waals surface area (Å²) in [6, 6.07) is 21.1. The normalized spacial score (nSPS) is 11.0. The predicted molar refractivity (Wildman–Crippen MR) is 83.2 cm³/mol. The Labute approximate surface area is 120 Å². The third-order valence-electron chi connectivity index (χ3n) is 3.52. The number of benzene rings is 3. The number of nitrogens with zero attached hydrogens (tertiary/aromatic N) is 1. The zero-order chi connectivity index (χ0) is 14.2. The largest absolute Gasteiger partial charge is 0.419 e. The van der Waals surface area contributed by atoms with Gasteiger partial charge in [0.25, 0.3) is 0 Å². The molecule has 0 aliphatic rings. The standard InChI is InChI=1S/C18H11NO2/c20-18-17(19-15-7-3-4-8-16(15)21-18)14-10-9-12-5-1-2-6-13(12)11-14/h1-11H. The van der Waals surface area contributed by atoms with E-state index in [1.165, 1.54) is 0 Å². The Kier molecular flexibility index (Phi) is 2.57. The van der Waals surface area contributed by atoms with Gasteiger partial charge in [-0.15, -0.1) is 0 Å². The van der Waals surface area contributed by atoms with Crippen molar-refractivity contribution in [2.45, 2.75) is 0 Å². The monoisotopic (exact) mass is 273 g/mol. The van der Waals surface area contributed by atoms with Gasteiger partial charge in [-0.1, -0.05) is 48.5 Å². The molecule has 0 fully saturated rings. The first kappa shape index (κ1) is 11.9. The molecule has 0 amide bonds. The van der Waals surface area contributed by atoms with Crippen molar-refractivity contribution in [3.8, 4) is 11.3 Å². The van der Waals surface area contributed by atoms with Crippen molar-refractivity contribution in [1.29, 1.82) is 0 Å². The second-order valence-electron chi connectivity index (χ2n) is 4.88. The SMILES string of the molecule is O=c1oc2ccccc2nc1-c1ccc2ccccc2c1. The molecule has 21 heavy (non-hydrogen) atoms. The predicted octanol–water partition coefficient (Wildman–Crippen LogP) is 4.01. The van der Waals surface area contributed by atoms with Gasteiger partial charge >= 0.3 is 5.63 Å². The Morgan fingerprint density at radius 1 is 0.810 bits per heavy atom. The Balaban J connectivity index is 1.99. The first-order valence-corrected chi connectivity index (χ1v) is 6.70. The number of hydrogen-bond acceptors (Lipinski definition) is 3. The maximum atomic E-state index is 12.1. The van der Waals surface area contributed by atoms with Crippen molar-refractivity contribution < 1.29 is 4.42 Å². The highest BCUT2D eigenvalue weighted by Crippen LogP contribution is 2.22. The molecule has 1 aromatic heterocycles. The van der Waals surface area contributed by atoms with Crippen LogP contribution in [0, 0.1) is 0 Å². The Bertz CT molecular complexity index is 1020. The van der Waals surface area contributed by atoms with Gasteiger partial charge in [-0.25, -0.2) is 9.78 Å². The lowest BCUT2D eigenvalue weighted by Crippen LogP contribution is -2.05. The van der Waals surface area contributed by atoms with E-state index < -0.39 is 5.63 Å². The van der Waals surface area contributed by atoms with Crippen LogP contribution in [-0.4, -0.2) is 4.98 Å². The van der Waals surface area contributed by atoms with E-state index in [2.05, 4.69) is 4.98 Å². The van der Waals surface area contributed by atoms with Crippen molar-refractivity contribution >= 4 is 21.9 Å². The van der Waals surface area contributed by atoms with Gasteiger partial charge in [0.05, 0.1) is 0 Å². The molecule has 0 saturated carbocycles. The summed E-state index contributed by atoms with van der Waals surface area (Å²) in [6.45, 7) is 0. The lowest BCUT2D eigenvalue weighted by atomic mass is 10.1. The van der Waals surface area contributed by atoms with E-state index in [9.17, 15) is 4.79 Å². The van der Waals surface area contributed by atoms with Crippen molar-refractivity contribution in [1.82, 2.24) is 4.98 Å². The molecular weight excluding hydrogens is 262 g/mol. The van der Waals surface area contributed by atoms with Crippen molar-refractivity contribution in [2.24, 2.45) is 0 Å². The highest BCUT2D eigenvalue weighted by molar-refractivity contribution is 5.87. The molecule has 3 heteroatoms. The molecule has 0 N–H and O–H groups in total. The summed E-state index contributed by atoms with van der Waals surface area (Å²) in [4.78, 5) is 16.6. The summed E-state index contributed by atoms with van der Waals surface area (Å²) >= 11 is 0. The molecule has 0 aliphatic carbocycles. The summed E-state index contributed by atoms with van der Waals surface area (Å²) in [7, 11) is 0. The molecule has 100 valence electrons. The molecule has 0 spiro atoms. The lowest BCUT2D eigenvalue weighted by molar-refractivity contribution is 0.558. The fraction of sp³-hybridized carbons (Fsp3) is 0. The van der Waals surface area contributed by atoms with Gasteiger partial charge in [0, 0.05) is 5.56 Å². The average molecular weight is 273 g/mol. The maximum Gasteiger partial charge on any atom is 0.363 e. The Hall–Kier alpha value is -2.94. The van der Waals surface area contributed by atoms with Crippen LogP contribution >= 0.6 is 0 Å². The minimum atomic E-state index is -0.413. The molecular formula is C18H11NO2. The van der Waals surface area contributed by atoms with Gasteiger partial charge < -0.3 is 4.42 Å². The van der Waals surface area contributed by atoms with Crippen LogP contribution in [0.1, 0.15) is 0 Å². The summed E-state index contributed by atoms with van der Waals surface area (Å²) in [5.74, 6) is 0. The van der Waals surface area contributed by atoms with E-state index in [1.807, 2.05) is 60.7 Å². The highest BCUT2D eigenvalue weighted by atomic mass is 16.4. The Morgan fingerprint density at radius 3 is 2.48 bits per heavy atom. The molecule has 0 bridgehead atoms. The fourth-order valence-electron chi connectivity index (χ4n) is 2.47. The quantitative estimate of drug-likeness (QED) is 0.526. The number of aromatic nitrogens is 1. The molecule has 1 heterocycles. The van der Waals surface area contributed by atoms with Crippen molar-refractivity contribution in [2.75, 3.05) is 0 Å². The van der Waals surface area contributed by atoms with Crippen molar-refractivity contribution in [3.63, 3.8) is 0 Å². The van der Waals surface area contributed by atoms with E-state index in [-0.39, 0.29) is 0 Å². The second-order valence-corrected chi connectivity index (χ2v) is 4.88. The molecule has 0 unspecified atom stereocenters. The summed E-state index contributed by atoms with van der Waals surface area (Å²) in [6.07, 6.45) is 0. The van der Waals surface area contributed by atoms with Crippen LogP contribution < -0.4 is 5.63 Å². The van der Waals surface area contributed by atoms with Gasteiger partial charge in [-0.3, -0.25) is 0 Å². The van der Waals surface area contributed by atoms with Crippen LogP contribution in [0.3, 0.4) is 0 Å². The van der Waals surface area contributed by atoms with Crippen LogP contribution in [0.15, 0.2) is 75.9 Å². The molecule has 0 atom stereocenters. The zero-order valence-corrected chi connectivity index (χ0v) is 11.1. The molecule has 3 aromatic carbocycles. The summed E-state index contributed by atoms with van der Waals surface area (Å²) in [5.41, 5.74) is 1.89. The molecule has 0 aliphatic heterocycles. The number of para-hydroxylation sites is 2. The fourth-order valence-corrected chi connectivity index (χ4v) is 2.47. The van der Waals surface area contributed by atoms with Gasteiger partial charge in [0.2, 0.25) is 0 Å². The minimum Gasteiger partial charge on any atom is -0.419 e. The van der Waals surface area contributed by atoms with Gasteiger partial charge in [0.15, 0.2) is 11.3 Å². The third kappa shape index (κ3) is 1.99. The first-order chi connectivity index (χ1) is 10.3. The molecule has 0 radical (unpaired) electrons. The van der Waals surface area contributed by atoms with E-state index in [0.29, 0.717) is 16.8 Å². The summed E-state index contributed by atoms with van der Waals surface area (Å²) in [5, 5.41) is 2.20. The van der Waals surface area contributed by atoms with Crippen LogP contribution in [-0.2, 0) is 0 Å². The smallest absolute Gasteiger partial charge is 0.363 e. The lowest BCUT2D eigenvalue weighted by Gasteiger charge is -2.03. The highest BCUT2D eigenvalue weighted by Gasteiger charge is 2.09. The van der Waals surface area contributed by atoms with Gasteiger partial charge in [-0.05, 0) is 29.0 Å². The van der Waals surface area contributed by atoms with E-state index in [1.54, 1.807) is 6.07 Å². The molecule has 3 nitrogen and oxygen atoms in total. The first-order valence-electron chi connectivity index (χ1n) is 6.70. The number of fused-ring (bicyclic) bond motifs is 2. The van der Waals surface area contributed by atoms with Gasteiger partial charge in [0.1, 0.15) is 5.52 Å². The van der Waals surface area contributed by atoms with E-state index in [4.69, 9.17) is 4.42 Å². The molecule has 4 rings (SSSR count). The topological polar surface area (TPSA) is 43.1 Å². The van der Waals surface area contributed by atoms with Crippen LogP contribution in [0.4, 0.5) is 0 Å². The van der Waals surface area contributed by atoms with Gasteiger partial charge in [-0.2, -0.15) is 0 Å². The van der Waals surface area contributed by atoms with Crippen LogP contribution in [0.5, 0.6) is 0 Å². The Morgan fingerprint density at radius 2 is 1.57 bits per heavy atom. The third-order valence-corrected chi connectivity index (χ3v) is 3.52. The molecule has 0 saturated heterocycles.